The van der Waals surface area contributed by atoms with Crippen LogP contribution in [-0.2, 0) is 9.47 Å². The van der Waals surface area contributed by atoms with Crippen LogP contribution in [0.4, 0.5) is 17.8 Å². The van der Waals surface area contributed by atoms with Crippen LogP contribution < -0.4 is 24.7 Å². The third-order valence-corrected chi connectivity index (χ3v) is 6.98. The summed E-state index contributed by atoms with van der Waals surface area (Å²) in [7, 11) is 1.52. The highest BCUT2D eigenvalue weighted by molar-refractivity contribution is 6.05. The Balaban J connectivity index is 1.18. The van der Waals surface area contributed by atoms with Crippen LogP contribution in [0, 0.1) is 0 Å². The smallest absolute Gasteiger partial charge is 0.344 e. The van der Waals surface area contributed by atoms with Crippen molar-refractivity contribution in [1.29, 1.82) is 0 Å². The van der Waals surface area contributed by atoms with Crippen molar-refractivity contribution in [2.75, 3.05) is 74.9 Å². The summed E-state index contributed by atoms with van der Waals surface area (Å²) in [4.78, 5) is 31.1. The third kappa shape index (κ3) is 6.24. The highest BCUT2D eigenvalue weighted by Gasteiger charge is 2.21. The molecule has 0 radical (unpaired) electrons. The molecule has 1 N–H and O–H groups in total. The minimum Gasteiger partial charge on any atom is -0.493 e. The third-order valence-electron chi connectivity index (χ3n) is 6.98. The number of hydrogen-bond donors (Lipinski definition) is 1. The Morgan fingerprint density at radius 1 is 0.857 bits per heavy atom. The zero-order valence-corrected chi connectivity index (χ0v) is 23.2. The number of morpholine rings is 2. The van der Waals surface area contributed by atoms with E-state index in [-0.39, 0.29) is 0 Å². The summed E-state index contributed by atoms with van der Waals surface area (Å²) in [5.74, 6) is 1.73. The topological polar surface area (TPSA) is 124 Å². The number of carbonyl (C=O) groups excluding carboxylic acids is 1. The summed E-state index contributed by atoms with van der Waals surface area (Å²) < 4.78 is 22.2. The lowest BCUT2D eigenvalue weighted by Gasteiger charge is -2.30. The predicted octanol–water partition coefficient (Wildman–Crippen LogP) is 3.37. The van der Waals surface area contributed by atoms with Crippen LogP contribution in [0.3, 0.4) is 0 Å². The number of esters is 1. The van der Waals surface area contributed by atoms with E-state index in [1.54, 1.807) is 30.5 Å². The zero-order chi connectivity index (χ0) is 28.7. The molecule has 0 amide bonds. The molecule has 4 aromatic rings. The first-order valence-electron chi connectivity index (χ1n) is 13.8. The Hall–Kier alpha value is -4.81. The number of rotatable bonds is 8. The normalized spacial score (nSPS) is 15.6. The number of fused-ring (bicyclic) bond motifs is 1. The molecule has 1 aromatic heterocycles. The number of hydrazone groups is 1. The van der Waals surface area contributed by atoms with Crippen LogP contribution in [0.5, 0.6) is 11.5 Å². The van der Waals surface area contributed by atoms with Crippen molar-refractivity contribution in [3.8, 4) is 11.5 Å². The van der Waals surface area contributed by atoms with Gasteiger partial charge in [0, 0.05) is 26.2 Å². The van der Waals surface area contributed by atoms with E-state index in [0.717, 1.165) is 16.3 Å². The van der Waals surface area contributed by atoms with Crippen molar-refractivity contribution < 1.29 is 23.7 Å². The fourth-order valence-corrected chi connectivity index (χ4v) is 4.79. The first-order chi connectivity index (χ1) is 20.7. The number of ether oxygens (including phenoxy) is 4. The van der Waals surface area contributed by atoms with E-state index in [4.69, 9.17) is 23.9 Å². The lowest BCUT2D eigenvalue weighted by atomic mass is 10.0. The summed E-state index contributed by atoms with van der Waals surface area (Å²) in [5.41, 5.74) is 4.14. The molecular weight excluding hydrogens is 538 g/mol. The largest absolute Gasteiger partial charge is 0.493 e. The van der Waals surface area contributed by atoms with Crippen LogP contribution in [0.1, 0.15) is 15.9 Å². The van der Waals surface area contributed by atoms with E-state index in [9.17, 15) is 4.79 Å². The minimum atomic E-state index is -0.463. The van der Waals surface area contributed by atoms with E-state index in [0.29, 0.717) is 87.5 Å². The molecular formula is C30H31N7O5. The summed E-state index contributed by atoms with van der Waals surface area (Å²) >= 11 is 0. The van der Waals surface area contributed by atoms with Gasteiger partial charge in [-0.05, 0) is 40.6 Å². The van der Waals surface area contributed by atoms with Crippen LogP contribution in [-0.4, -0.2) is 86.9 Å². The highest BCUT2D eigenvalue weighted by atomic mass is 16.6. The zero-order valence-electron chi connectivity index (χ0n) is 23.2. The molecule has 0 spiro atoms. The molecule has 6 rings (SSSR count). The van der Waals surface area contributed by atoms with Crippen LogP contribution in [0.15, 0.2) is 65.8 Å². The van der Waals surface area contributed by atoms with Gasteiger partial charge in [0.1, 0.15) is 0 Å². The molecule has 2 aliphatic rings. The highest BCUT2D eigenvalue weighted by Crippen LogP contribution is 2.29. The van der Waals surface area contributed by atoms with E-state index >= 15 is 0 Å². The number of nitrogens with zero attached hydrogens (tertiary/aromatic N) is 6. The van der Waals surface area contributed by atoms with E-state index in [1.165, 1.54) is 7.11 Å². The number of carbonyl (C=O) groups is 1. The van der Waals surface area contributed by atoms with Crippen molar-refractivity contribution in [2.24, 2.45) is 5.10 Å². The molecule has 3 aromatic carbocycles. The number of benzene rings is 3. The summed E-state index contributed by atoms with van der Waals surface area (Å²) in [6.45, 7) is 5.28. The molecule has 2 aliphatic heterocycles. The second-order valence-corrected chi connectivity index (χ2v) is 9.65. The Labute approximate surface area is 242 Å². The Bertz CT molecular complexity index is 1540. The van der Waals surface area contributed by atoms with Gasteiger partial charge in [-0.25, -0.2) is 10.2 Å². The van der Waals surface area contributed by atoms with Gasteiger partial charge in [-0.15, -0.1) is 0 Å². The summed E-state index contributed by atoms with van der Waals surface area (Å²) in [5, 5.41) is 6.14. The number of methoxy groups -OCH3 is 1. The number of aromatic nitrogens is 3. The molecule has 0 unspecified atom stereocenters. The standard InChI is InChI=1S/C30H31N7O5/c1-39-26-19-21(9-10-25(26)42-27(38)24-8-4-6-22-5-2-3-7-23(22)24)20-31-35-28-32-29(36-11-15-40-16-12-36)34-30(33-28)37-13-17-41-18-14-37/h2-10,19-20H,11-18H2,1H3,(H,32,33,34,35)/b31-20+. The van der Waals surface area contributed by atoms with Crippen LogP contribution >= 0.6 is 0 Å². The monoisotopic (exact) mass is 569 g/mol. The summed E-state index contributed by atoms with van der Waals surface area (Å²) in [6.07, 6.45) is 1.62. The van der Waals surface area contributed by atoms with E-state index < -0.39 is 5.97 Å². The fourth-order valence-electron chi connectivity index (χ4n) is 4.79. The van der Waals surface area contributed by atoms with Gasteiger partial charge in [-0.1, -0.05) is 36.4 Å². The van der Waals surface area contributed by atoms with Crippen molar-refractivity contribution in [2.45, 2.75) is 0 Å². The van der Waals surface area contributed by atoms with Gasteiger partial charge in [0.05, 0.1) is 45.3 Å². The molecule has 0 aliphatic carbocycles. The Kier molecular flexibility index (Phi) is 8.33. The SMILES string of the molecule is COc1cc(/C=N/Nc2nc(N3CCOCC3)nc(N3CCOCC3)n2)ccc1OC(=O)c1cccc2ccccc12. The van der Waals surface area contributed by atoms with E-state index in [1.807, 2.05) is 36.4 Å². The second kappa shape index (κ2) is 12.8. The van der Waals surface area contributed by atoms with Gasteiger partial charge >= 0.3 is 5.97 Å². The molecule has 2 saturated heterocycles. The molecule has 216 valence electrons. The molecule has 2 fully saturated rings. The molecule has 42 heavy (non-hydrogen) atoms. The number of anilines is 3. The van der Waals surface area contributed by atoms with Crippen molar-refractivity contribution in [1.82, 2.24) is 15.0 Å². The van der Waals surface area contributed by atoms with Gasteiger partial charge in [-0.2, -0.15) is 20.1 Å². The fraction of sp³-hybridized carbons (Fsp3) is 0.300. The maximum atomic E-state index is 13.0. The van der Waals surface area contributed by atoms with Crippen molar-refractivity contribution >= 4 is 40.8 Å². The molecule has 0 saturated carbocycles. The van der Waals surface area contributed by atoms with Gasteiger partial charge in [-0.3, -0.25) is 0 Å². The van der Waals surface area contributed by atoms with Crippen molar-refractivity contribution in [3.05, 3.63) is 71.8 Å². The van der Waals surface area contributed by atoms with Crippen molar-refractivity contribution in [3.63, 3.8) is 0 Å². The molecule has 12 nitrogen and oxygen atoms in total. The molecule has 12 heteroatoms. The Morgan fingerprint density at radius 3 is 2.21 bits per heavy atom. The quantitative estimate of drug-likeness (QED) is 0.145. The van der Waals surface area contributed by atoms with Gasteiger partial charge in [0.15, 0.2) is 11.5 Å². The molecule has 3 heterocycles. The first kappa shape index (κ1) is 27.4. The average molecular weight is 570 g/mol. The van der Waals surface area contributed by atoms with Crippen LogP contribution in [0.25, 0.3) is 10.8 Å². The van der Waals surface area contributed by atoms with Gasteiger partial charge in [0.2, 0.25) is 17.8 Å². The molecule has 0 bridgehead atoms. The average Bonchev–Trinajstić information content (AvgIpc) is 3.05. The number of hydrogen-bond acceptors (Lipinski definition) is 12. The van der Waals surface area contributed by atoms with Gasteiger partial charge < -0.3 is 28.7 Å². The lowest BCUT2D eigenvalue weighted by molar-refractivity contribution is 0.0731. The maximum Gasteiger partial charge on any atom is 0.344 e. The molecule has 0 atom stereocenters. The first-order valence-corrected chi connectivity index (χ1v) is 13.8. The van der Waals surface area contributed by atoms with Crippen LogP contribution in [0.2, 0.25) is 0 Å². The lowest BCUT2D eigenvalue weighted by Crippen LogP contribution is -2.40. The predicted molar refractivity (Wildman–Crippen MR) is 159 cm³/mol. The minimum absolute atomic E-state index is 0.309. The second-order valence-electron chi connectivity index (χ2n) is 9.65. The van der Waals surface area contributed by atoms with Gasteiger partial charge in [0.25, 0.3) is 0 Å². The van der Waals surface area contributed by atoms with E-state index in [2.05, 4.69) is 30.3 Å². The number of nitrogens with one attached hydrogen (secondary N) is 1. The summed E-state index contributed by atoms with van der Waals surface area (Å²) in [6, 6.07) is 18.4. The Morgan fingerprint density at radius 2 is 1.52 bits per heavy atom. The maximum absolute atomic E-state index is 13.0.